The van der Waals surface area contributed by atoms with Crippen LogP contribution in [-0.4, -0.2) is 25.0 Å². The first-order chi connectivity index (χ1) is 16.4. The lowest BCUT2D eigenvalue weighted by Gasteiger charge is -2.26. The second-order valence-electron chi connectivity index (χ2n) is 7.58. The van der Waals surface area contributed by atoms with E-state index in [4.69, 9.17) is 21.1 Å². The Morgan fingerprint density at radius 1 is 1.00 bits per heavy atom. The summed E-state index contributed by atoms with van der Waals surface area (Å²) in [6.45, 7) is 2.06. The van der Waals surface area contributed by atoms with Gasteiger partial charge in [-0.25, -0.2) is 9.69 Å². The maximum Gasteiger partial charge on any atom is 0.335 e. The highest BCUT2D eigenvalue weighted by Crippen LogP contribution is 2.30. The van der Waals surface area contributed by atoms with E-state index in [1.54, 1.807) is 48.5 Å². The minimum absolute atomic E-state index is 0.164. The Balaban J connectivity index is 1.69. The predicted molar refractivity (Wildman–Crippen MR) is 129 cm³/mol. The van der Waals surface area contributed by atoms with E-state index in [1.807, 2.05) is 25.1 Å². The lowest BCUT2D eigenvalue weighted by Crippen LogP contribution is -2.54. The summed E-state index contributed by atoms with van der Waals surface area (Å²) in [5.41, 5.74) is 2.36. The zero-order chi connectivity index (χ0) is 24.2. The molecule has 1 heterocycles. The van der Waals surface area contributed by atoms with Crippen LogP contribution in [0, 0.1) is 6.92 Å². The number of halogens is 1. The van der Waals surface area contributed by atoms with Crippen LogP contribution < -0.4 is 19.7 Å². The number of benzene rings is 3. The quantitative estimate of drug-likeness (QED) is 0.404. The molecule has 3 aromatic carbocycles. The van der Waals surface area contributed by atoms with E-state index in [-0.39, 0.29) is 12.2 Å². The molecule has 0 unspecified atom stereocenters. The van der Waals surface area contributed by atoms with Crippen LogP contribution in [0.4, 0.5) is 10.5 Å². The highest BCUT2D eigenvalue weighted by Gasteiger charge is 2.37. The van der Waals surface area contributed by atoms with Gasteiger partial charge in [-0.05, 0) is 43.3 Å². The van der Waals surface area contributed by atoms with E-state index in [2.05, 4.69) is 5.32 Å². The number of rotatable bonds is 6. The summed E-state index contributed by atoms with van der Waals surface area (Å²) in [6.07, 6.45) is 1.40. The molecule has 7 nitrogen and oxygen atoms in total. The maximum atomic E-state index is 13.2. The van der Waals surface area contributed by atoms with Crippen LogP contribution in [0.15, 0.2) is 72.3 Å². The third kappa shape index (κ3) is 4.79. The van der Waals surface area contributed by atoms with Crippen molar-refractivity contribution in [1.82, 2.24) is 5.32 Å². The van der Waals surface area contributed by atoms with Crippen LogP contribution in [0.1, 0.15) is 16.7 Å². The fourth-order valence-corrected chi connectivity index (χ4v) is 3.59. The standard InChI is InChI=1S/C26H21ClN2O5/c1-16-7-10-19(11-8-16)29-25(31)21(24(30)28-26(29)32)13-17-9-12-20(33-2)14-23(17)34-15-18-5-3-4-6-22(18)27/h3-14H,15H2,1-2H3,(H,28,30,32)/b21-13+. The van der Waals surface area contributed by atoms with Gasteiger partial charge in [0, 0.05) is 22.2 Å². The number of aryl methyl sites for hydroxylation is 1. The highest BCUT2D eigenvalue weighted by molar-refractivity contribution is 6.39. The summed E-state index contributed by atoms with van der Waals surface area (Å²) < 4.78 is 11.3. The summed E-state index contributed by atoms with van der Waals surface area (Å²) in [6, 6.07) is 18.3. The average Bonchev–Trinajstić information content (AvgIpc) is 2.82. The van der Waals surface area contributed by atoms with Crippen molar-refractivity contribution < 1.29 is 23.9 Å². The van der Waals surface area contributed by atoms with Gasteiger partial charge in [0.05, 0.1) is 12.8 Å². The molecule has 4 amide bonds. The number of ether oxygens (including phenoxy) is 2. The van der Waals surface area contributed by atoms with Crippen LogP contribution in [0.25, 0.3) is 6.08 Å². The van der Waals surface area contributed by atoms with E-state index in [1.165, 1.54) is 13.2 Å². The fraction of sp³-hybridized carbons (Fsp3) is 0.115. The Morgan fingerprint density at radius 2 is 1.74 bits per heavy atom. The Labute approximate surface area is 201 Å². The number of hydrogen-bond donors (Lipinski definition) is 1. The number of nitrogens with one attached hydrogen (secondary N) is 1. The Morgan fingerprint density at radius 3 is 2.44 bits per heavy atom. The molecule has 0 spiro atoms. The number of carbonyl (C=O) groups excluding carboxylic acids is 3. The SMILES string of the molecule is COc1ccc(/C=C2\C(=O)NC(=O)N(c3ccc(C)cc3)C2=O)c(OCc2ccccc2Cl)c1. The molecule has 0 aliphatic carbocycles. The van der Waals surface area contributed by atoms with Gasteiger partial charge in [0.15, 0.2) is 0 Å². The monoisotopic (exact) mass is 476 g/mol. The van der Waals surface area contributed by atoms with Crippen LogP contribution in [0.5, 0.6) is 11.5 Å². The lowest BCUT2D eigenvalue weighted by molar-refractivity contribution is -0.122. The molecule has 0 aromatic heterocycles. The second kappa shape index (κ2) is 9.80. The predicted octanol–water partition coefficient (Wildman–Crippen LogP) is 4.90. The zero-order valence-electron chi connectivity index (χ0n) is 18.5. The Bertz CT molecular complexity index is 1300. The van der Waals surface area contributed by atoms with Crippen molar-refractivity contribution in [3.63, 3.8) is 0 Å². The number of anilines is 1. The first kappa shape index (κ1) is 23.1. The molecule has 0 atom stereocenters. The number of imide groups is 2. The van der Waals surface area contributed by atoms with Gasteiger partial charge in [-0.1, -0.05) is 47.5 Å². The molecule has 1 fully saturated rings. The van der Waals surface area contributed by atoms with Crippen LogP contribution in [0.2, 0.25) is 5.02 Å². The molecule has 1 saturated heterocycles. The molecule has 1 aliphatic rings. The molecule has 8 heteroatoms. The van der Waals surface area contributed by atoms with Crippen molar-refractivity contribution in [3.8, 4) is 11.5 Å². The van der Waals surface area contributed by atoms with Gasteiger partial charge < -0.3 is 9.47 Å². The molecule has 0 saturated carbocycles. The molecule has 1 aliphatic heterocycles. The topological polar surface area (TPSA) is 84.9 Å². The van der Waals surface area contributed by atoms with Gasteiger partial charge in [0.2, 0.25) is 0 Å². The molecule has 34 heavy (non-hydrogen) atoms. The summed E-state index contributed by atoms with van der Waals surface area (Å²) in [7, 11) is 1.52. The van der Waals surface area contributed by atoms with Crippen LogP contribution in [-0.2, 0) is 16.2 Å². The van der Waals surface area contributed by atoms with Gasteiger partial charge in [0.1, 0.15) is 23.7 Å². The zero-order valence-corrected chi connectivity index (χ0v) is 19.3. The number of methoxy groups -OCH3 is 1. The van der Waals surface area contributed by atoms with Gasteiger partial charge in [0.25, 0.3) is 11.8 Å². The van der Waals surface area contributed by atoms with Crippen molar-refractivity contribution in [2.45, 2.75) is 13.5 Å². The molecular formula is C26H21ClN2O5. The third-order valence-electron chi connectivity index (χ3n) is 5.26. The van der Waals surface area contributed by atoms with Crippen molar-refractivity contribution >= 4 is 41.2 Å². The summed E-state index contributed by atoms with van der Waals surface area (Å²) in [5.74, 6) is -0.602. The normalized spacial score (nSPS) is 14.9. The average molecular weight is 477 g/mol. The van der Waals surface area contributed by atoms with Crippen molar-refractivity contribution in [1.29, 1.82) is 0 Å². The minimum Gasteiger partial charge on any atom is -0.497 e. The van der Waals surface area contributed by atoms with Gasteiger partial charge in [-0.2, -0.15) is 0 Å². The molecule has 3 aromatic rings. The minimum atomic E-state index is -0.805. The lowest BCUT2D eigenvalue weighted by atomic mass is 10.1. The Hall–Kier alpha value is -4.10. The molecule has 1 N–H and O–H groups in total. The van der Waals surface area contributed by atoms with E-state index in [0.717, 1.165) is 16.0 Å². The van der Waals surface area contributed by atoms with Crippen molar-refractivity contribution in [3.05, 3.63) is 94.0 Å². The fourth-order valence-electron chi connectivity index (χ4n) is 3.40. The number of barbiturate groups is 1. The number of urea groups is 1. The first-order valence-corrected chi connectivity index (χ1v) is 10.8. The van der Waals surface area contributed by atoms with Crippen molar-refractivity contribution in [2.75, 3.05) is 12.0 Å². The Kier molecular flexibility index (Phi) is 6.65. The summed E-state index contributed by atoms with van der Waals surface area (Å²) >= 11 is 6.23. The molecule has 0 bridgehead atoms. The van der Waals surface area contributed by atoms with E-state index in [9.17, 15) is 14.4 Å². The van der Waals surface area contributed by atoms with E-state index in [0.29, 0.717) is 27.8 Å². The number of hydrogen-bond acceptors (Lipinski definition) is 5. The van der Waals surface area contributed by atoms with Gasteiger partial charge in [-0.3, -0.25) is 14.9 Å². The maximum absolute atomic E-state index is 13.2. The summed E-state index contributed by atoms with van der Waals surface area (Å²) in [5, 5.41) is 2.78. The van der Waals surface area contributed by atoms with Crippen LogP contribution >= 0.6 is 11.6 Å². The number of nitrogens with zero attached hydrogens (tertiary/aromatic N) is 1. The summed E-state index contributed by atoms with van der Waals surface area (Å²) in [4.78, 5) is 39.1. The van der Waals surface area contributed by atoms with E-state index < -0.39 is 17.8 Å². The number of carbonyl (C=O) groups is 3. The second-order valence-corrected chi connectivity index (χ2v) is 7.98. The van der Waals surface area contributed by atoms with E-state index >= 15 is 0 Å². The molecule has 4 rings (SSSR count). The molecule has 0 radical (unpaired) electrons. The largest absolute Gasteiger partial charge is 0.497 e. The van der Waals surface area contributed by atoms with Crippen LogP contribution in [0.3, 0.4) is 0 Å². The van der Waals surface area contributed by atoms with Gasteiger partial charge in [-0.15, -0.1) is 0 Å². The molecule has 172 valence electrons. The highest BCUT2D eigenvalue weighted by atomic mass is 35.5. The van der Waals surface area contributed by atoms with Crippen molar-refractivity contribution in [2.24, 2.45) is 0 Å². The first-order valence-electron chi connectivity index (χ1n) is 10.4. The van der Waals surface area contributed by atoms with Gasteiger partial charge >= 0.3 is 6.03 Å². The molecular weight excluding hydrogens is 456 g/mol. The third-order valence-corrected chi connectivity index (χ3v) is 5.62. The smallest absolute Gasteiger partial charge is 0.335 e. The number of amides is 4.